The summed E-state index contributed by atoms with van der Waals surface area (Å²) in [6.07, 6.45) is -4.60. The molecule has 7 heteroatoms. The van der Waals surface area contributed by atoms with Gasteiger partial charge in [0.05, 0.1) is 10.6 Å². The molecule has 2 aromatic rings. The minimum atomic E-state index is -4.60. The summed E-state index contributed by atoms with van der Waals surface area (Å²) < 4.78 is 50.9. The third kappa shape index (κ3) is 2.45. The maximum absolute atomic E-state index is 13.2. The van der Waals surface area contributed by atoms with Gasteiger partial charge in [-0.2, -0.15) is 13.2 Å². The van der Waals surface area contributed by atoms with E-state index in [1.165, 1.54) is 0 Å². The molecule has 0 radical (unpaired) electrons. The molecule has 0 saturated heterocycles. The van der Waals surface area contributed by atoms with E-state index >= 15 is 0 Å². The molecule has 1 aromatic carbocycles. The molecule has 18 heavy (non-hydrogen) atoms. The van der Waals surface area contributed by atoms with Crippen LogP contribution in [0.1, 0.15) is 10.6 Å². The largest absolute Gasteiger partial charge is 0.416 e. The number of hydrogen-bond donors (Lipinski definition) is 1. The van der Waals surface area contributed by atoms with E-state index in [0.29, 0.717) is 11.1 Å². The van der Waals surface area contributed by atoms with Crippen molar-refractivity contribution >= 4 is 16.3 Å². The van der Waals surface area contributed by atoms with E-state index in [1.807, 2.05) is 0 Å². The lowest BCUT2D eigenvalue weighted by Crippen LogP contribution is -2.05. The van der Waals surface area contributed by atoms with Crippen LogP contribution in [0.5, 0.6) is 0 Å². The molecule has 2 nitrogen and oxygen atoms in total. The van der Waals surface area contributed by atoms with Gasteiger partial charge in [0, 0.05) is 5.56 Å². The molecular weight excluding hydrogens is 268 g/mol. The van der Waals surface area contributed by atoms with Crippen LogP contribution in [0.15, 0.2) is 18.2 Å². The Kier molecular flexibility index (Phi) is 3.02. The van der Waals surface area contributed by atoms with Crippen LogP contribution in [0.4, 0.5) is 22.6 Å². The number of alkyl halides is 3. The summed E-state index contributed by atoms with van der Waals surface area (Å²) in [6.45, 7) is 1.68. The van der Waals surface area contributed by atoms with E-state index in [1.54, 1.807) is 6.92 Å². The van der Waals surface area contributed by atoms with E-state index in [0.717, 1.165) is 23.5 Å². The smallest absolute Gasteiger partial charge is 0.389 e. The minimum absolute atomic E-state index is 0.0316. The van der Waals surface area contributed by atoms with Crippen molar-refractivity contribution in [1.82, 2.24) is 4.98 Å². The predicted molar refractivity (Wildman–Crippen MR) is 61.7 cm³/mol. The Morgan fingerprint density at radius 2 is 1.89 bits per heavy atom. The lowest BCUT2D eigenvalue weighted by molar-refractivity contribution is -0.137. The van der Waals surface area contributed by atoms with Crippen LogP contribution in [0, 0.1) is 12.7 Å². The third-order valence-corrected chi connectivity index (χ3v) is 3.06. The second-order valence-electron chi connectivity index (χ2n) is 3.67. The van der Waals surface area contributed by atoms with Crippen molar-refractivity contribution in [3.8, 4) is 11.3 Å². The van der Waals surface area contributed by atoms with E-state index in [9.17, 15) is 17.6 Å². The standard InChI is InChI=1S/C11H8F4N2S/c1-5-17-9(10(16)18-5)6-2-7(11(13,14)15)4-8(12)3-6/h2-4H,16H2,1H3. The number of halogens is 4. The van der Waals surface area contributed by atoms with Crippen LogP contribution in [0.3, 0.4) is 0 Å². The molecule has 2 N–H and O–H groups in total. The topological polar surface area (TPSA) is 38.9 Å². The second-order valence-corrected chi connectivity index (χ2v) is 4.91. The van der Waals surface area contributed by atoms with Crippen molar-refractivity contribution in [3.05, 3.63) is 34.6 Å². The highest BCUT2D eigenvalue weighted by Gasteiger charge is 2.31. The third-order valence-electron chi connectivity index (χ3n) is 2.26. The number of benzene rings is 1. The van der Waals surface area contributed by atoms with Gasteiger partial charge in [0.15, 0.2) is 0 Å². The number of rotatable bonds is 1. The van der Waals surface area contributed by atoms with Gasteiger partial charge in [-0.25, -0.2) is 9.37 Å². The van der Waals surface area contributed by atoms with E-state index < -0.39 is 17.6 Å². The Bertz CT molecular complexity index is 589. The molecule has 0 bridgehead atoms. The number of nitrogens with two attached hydrogens (primary N) is 1. The fourth-order valence-electron chi connectivity index (χ4n) is 1.54. The van der Waals surface area contributed by atoms with Gasteiger partial charge in [0.2, 0.25) is 0 Å². The highest BCUT2D eigenvalue weighted by atomic mass is 32.1. The lowest BCUT2D eigenvalue weighted by Gasteiger charge is -2.08. The molecule has 0 aliphatic carbocycles. The number of aryl methyl sites for hydroxylation is 1. The van der Waals surface area contributed by atoms with Crippen molar-refractivity contribution in [2.24, 2.45) is 0 Å². The first-order valence-electron chi connectivity index (χ1n) is 4.88. The Morgan fingerprint density at radius 1 is 1.22 bits per heavy atom. The molecule has 1 heterocycles. The van der Waals surface area contributed by atoms with Crippen molar-refractivity contribution in [2.75, 3.05) is 5.73 Å². The van der Waals surface area contributed by atoms with Crippen LogP contribution < -0.4 is 5.73 Å². The normalized spacial score (nSPS) is 11.8. The number of nitrogen functional groups attached to an aromatic ring is 1. The zero-order chi connectivity index (χ0) is 13.5. The summed E-state index contributed by atoms with van der Waals surface area (Å²) in [6, 6.07) is 2.27. The number of thiazole rings is 1. The fraction of sp³-hybridized carbons (Fsp3) is 0.182. The molecule has 0 unspecified atom stereocenters. The van der Waals surface area contributed by atoms with Crippen molar-refractivity contribution < 1.29 is 17.6 Å². The average Bonchev–Trinajstić information content (AvgIpc) is 2.55. The summed E-state index contributed by atoms with van der Waals surface area (Å²) in [4.78, 5) is 4.00. The van der Waals surface area contributed by atoms with E-state index in [4.69, 9.17) is 5.73 Å². The molecule has 96 valence electrons. The molecule has 0 atom stereocenters. The molecule has 2 rings (SSSR count). The van der Waals surface area contributed by atoms with Gasteiger partial charge in [0.1, 0.15) is 16.5 Å². The summed E-state index contributed by atoms with van der Waals surface area (Å²) in [5, 5.41) is 0.881. The SMILES string of the molecule is Cc1nc(-c2cc(F)cc(C(F)(F)F)c2)c(N)s1. The van der Waals surface area contributed by atoms with E-state index in [-0.39, 0.29) is 16.3 Å². The number of aromatic nitrogens is 1. The van der Waals surface area contributed by atoms with Crippen LogP contribution in [-0.4, -0.2) is 4.98 Å². The maximum atomic E-state index is 13.2. The number of hydrogen-bond acceptors (Lipinski definition) is 3. The summed E-state index contributed by atoms with van der Waals surface area (Å²) in [5.74, 6) is -0.968. The quantitative estimate of drug-likeness (QED) is 0.803. The van der Waals surface area contributed by atoms with Gasteiger partial charge in [0.25, 0.3) is 0 Å². The second kappa shape index (κ2) is 4.24. The Labute approximate surface area is 104 Å². The maximum Gasteiger partial charge on any atom is 0.416 e. The van der Waals surface area contributed by atoms with Crippen LogP contribution >= 0.6 is 11.3 Å². The summed E-state index contributed by atoms with van der Waals surface area (Å²) in [5.41, 5.74) is 4.80. The van der Waals surface area contributed by atoms with Gasteiger partial charge < -0.3 is 5.73 Å². The van der Waals surface area contributed by atoms with Gasteiger partial charge >= 0.3 is 6.18 Å². The molecule has 0 aliphatic heterocycles. The van der Waals surface area contributed by atoms with Gasteiger partial charge in [-0.1, -0.05) is 0 Å². The van der Waals surface area contributed by atoms with Crippen molar-refractivity contribution in [1.29, 1.82) is 0 Å². The van der Waals surface area contributed by atoms with Gasteiger partial charge in [-0.05, 0) is 25.1 Å². The first kappa shape index (κ1) is 12.8. The van der Waals surface area contributed by atoms with Crippen molar-refractivity contribution in [3.63, 3.8) is 0 Å². The number of nitrogens with zero attached hydrogens (tertiary/aromatic N) is 1. The molecule has 0 saturated carbocycles. The van der Waals surface area contributed by atoms with Crippen LogP contribution in [-0.2, 0) is 6.18 Å². The Hall–Kier alpha value is -1.63. The van der Waals surface area contributed by atoms with Gasteiger partial charge in [-0.3, -0.25) is 0 Å². The van der Waals surface area contributed by atoms with Crippen LogP contribution in [0.25, 0.3) is 11.3 Å². The minimum Gasteiger partial charge on any atom is -0.389 e. The van der Waals surface area contributed by atoms with Crippen molar-refractivity contribution in [2.45, 2.75) is 13.1 Å². The highest BCUT2D eigenvalue weighted by Crippen LogP contribution is 2.35. The molecule has 1 aromatic heterocycles. The average molecular weight is 276 g/mol. The highest BCUT2D eigenvalue weighted by molar-refractivity contribution is 7.16. The summed E-state index contributed by atoms with van der Waals surface area (Å²) >= 11 is 1.15. The zero-order valence-corrected chi connectivity index (χ0v) is 9.99. The first-order valence-corrected chi connectivity index (χ1v) is 5.70. The van der Waals surface area contributed by atoms with Gasteiger partial charge in [-0.15, -0.1) is 11.3 Å². The Balaban J connectivity index is 2.59. The predicted octanol–water partition coefficient (Wildman–Crippen LogP) is 3.86. The molecular formula is C11H8F4N2S. The molecule has 0 fully saturated rings. The van der Waals surface area contributed by atoms with Crippen LogP contribution in [0.2, 0.25) is 0 Å². The zero-order valence-electron chi connectivity index (χ0n) is 9.18. The first-order chi connectivity index (χ1) is 8.27. The fourth-order valence-corrected chi connectivity index (χ4v) is 2.26. The lowest BCUT2D eigenvalue weighted by atomic mass is 10.1. The summed E-state index contributed by atoms with van der Waals surface area (Å²) in [7, 11) is 0. The number of anilines is 1. The molecule has 0 aliphatic rings. The Morgan fingerprint density at radius 3 is 2.39 bits per heavy atom. The van der Waals surface area contributed by atoms with E-state index in [2.05, 4.69) is 4.98 Å². The monoisotopic (exact) mass is 276 g/mol. The molecule has 0 amide bonds. The molecule has 0 spiro atoms.